The normalized spacial score (nSPS) is 22.8. The van der Waals surface area contributed by atoms with E-state index in [-0.39, 0.29) is 16.1 Å². The van der Waals surface area contributed by atoms with Crippen molar-refractivity contribution in [3.05, 3.63) is 45.7 Å². The molecule has 2 atom stereocenters. The van der Waals surface area contributed by atoms with Gasteiger partial charge in [-0.3, -0.25) is 0 Å². The number of benzene rings is 1. The zero-order valence-corrected chi connectivity index (χ0v) is 10.7. The summed E-state index contributed by atoms with van der Waals surface area (Å²) < 4.78 is 13.4. The van der Waals surface area contributed by atoms with Gasteiger partial charge >= 0.3 is 0 Å². The molecule has 0 spiro atoms. The quantitative estimate of drug-likeness (QED) is 0.643. The molecule has 2 nitrogen and oxygen atoms in total. The molecular weight excluding hydrogens is 264 g/mol. The van der Waals surface area contributed by atoms with Crippen LogP contribution >= 0.6 is 23.2 Å². The lowest BCUT2D eigenvalue weighted by atomic mass is 9.88. The van der Waals surface area contributed by atoms with Gasteiger partial charge in [-0.15, -0.1) is 0 Å². The third-order valence-corrected chi connectivity index (χ3v) is 3.55. The van der Waals surface area contributed by atoms with Crippen molar-refractivity contribution in [2.45, 2.75) is 18.6 Å². The molecule has 2 unspecified atom stereocenters. The molecule has 0 fully saturated rings. The van der Waals surface area contributed by atoms with Crippen LogP contribution in [0.1, 0.15) is 12.5 Å². The second-order valence-electron chi connectivity index (χ2n) is 4.21. The van der Waals surface area contributed by atoms with Gasteiger partial charge < -0.3 is 10.4 Å². The first kappa shape index (κ1) is 12.8. The Morgan fingerprint density at radius 2 is 2.12 bits per heavy atom. The molecule has 0 saturated heterocycles. The van der Waals surface area contributed by atoms with E-state index in [1.807, 2.05) is 12.2 Å². The van der Waals surface area contributed by atoms with Crippen LogP contribution in [0.5, 0.6) is 0 Å². The fourth-order valence-electron chi connectivity index (χ4n) is 1.93. The first-order valence-electron chi connectivity index (χ1n) is 5.20. The van der Waals surface area contributed by atoms with Crippen LogP contribution in [0, 0.1) is 5.82 Å². The van der Waals surface area contributed by atoms with Crippen molar-refractivity contribution in [2.75, 3.05) is 6.54 Å². The van der Waals surface area contributed by atoms with Crippen LogP contribution in [-0.4, -0.2) is 17.7 Å². The van der Waals surface area contributed by atoms with Gasteiger partial charge in [0.1, 0.15) is 11.4 Å². The highest BCUT2D eigenvalue weighted by Crippen LogP contribution is 2.35. The highest BCUT2D eigenvalue weighted by molar-refractivity contribution is 6.35. The molecule has 1 heterocycles. The maximum atomic E-state index is 13.4. The summed E-state index contributed by atoms with van der Waals surface area (Å²) in [4.78, 5) is 0. The van der Waals surface area contributed by atoms with Crippen molar-refractivity contribution >= 4 is 23.2 Å². The molecule has 0 bridgehead atoms. The number of hydrogen-bond donors (Lipinski definition) is 2. The summed E-state index contributed by atoms with van der Waals surface area (Å²) in [5.41, 5.74) is -0.958. The smallest absolute Gasteiger partial charge is 0.142 e. The number of aliphatic hydroxyl groups is 1. The summed E-state index contributed by atoms with van der Waals surface area (Å²) >= 11 is 11.6. The lowest BCUT2D eigenvalue weighted by molar-refractivity contribution is 0.0350. The van der Waals surface area contributed by atoms with E-state index >= 15 is 0 Å². The van der Waals surface area contributed by atoms with Crippen molar-refractivity contribution < 1.29 is 9.50 Å². The van der Waals surface area contributed by atoms with Crippen molar-refractivity contribution in [3.8, 4) is 0 Å². The molecule has 92 valence electrons. The van der Waals surface area contributed by atoms with Crippen molar-refractivity contribution in [1.29, 1.82) is 0 Å². The van der Waals surface area contributed by atoms with Crippen LogP contribution < -0.4 is 5.32 Å². The molecule has 0 aromatic heterocycles. The topological polar surface area (TPSA) is 32.3 Å². The monoisotopic (exact) mass is 275 g/mol. The van der Waals surface area contributed by atoms with E-state index in [4.69, 9.17) is 23.2 Å². The van der Waals surface area contributed by atoms with Crippen molar-refractivity contribution in [2.24, 2.45) is 0 Å². The van der Waals surface area contributed by atoms with Crippen LogP contribution in [0.2, 0.25) is 10.0 Å². The predicted molar refractivity (Wildman–Crippen MR) is 66.9 cm³/mol. The summed E-state index contributed by atoms with van der Waals surface area (Å²) in [6.07, 6.45) is 3.74. The maximum Gasteiger partial charge on any atom is 0.142 e. The van der Waals surface area contributed by atoms with E-state index in [0.29, 0.717) is 12.1 Å². The second-order valence-corrected chi connectivity index (χ2v) is 5.02. The number of hydrogen-bond acceptors (Lipinski definition) is 2. The van der Waals surface area contributed by atoms with E-state index in [9.17, 15) is 9.50 Å². The summed E-state index contributed by atoms with van der Waals surface area (Å²) in [5, 5.41) is 13.8. The van der Waals surface area contributed by atoms with Gasteiger partial charge in [-0.25, -0.2) is 4.39 Å². The maximum absolute atomic E-state index is 13.4. The fraction of sp³-hybridized carbons (Fsp3) is 0.333. The van der Waals surface area contributed by atoms with Gasteiger partial charge in [0, 0.05) is 17.1 Å². The average Bonchev–Trinajstić information content (AvgIpc) is 2.77. The molecule has 0 amide bonds. The van der Waals surface area contributed by atoms with Gasteiger partial charge in [0.05, 0.1) is 11.1 Å². The molecule has 0 aliphatic carbocycles. The van der Waals surface area contributed by atoms with Crippen molar-refractivity contribution in [3.63, 3.8) is 0 Å². The van der Waals surface area contributed by atoms with Gasteiger partial charge in [0.15, 0.2) is 0 Å². The van der Waals surface area contributed by atoms with Gasteiger partial charge in [-0.2, -0.15) is 0 Å². The summed E-state index contributed by atoms with van der Waals surface area (Å²) in [6.45, 7) is 2.27. The molecule has 1 aliphatic heterocycles. The highest BCUT2D eigenvalue weighted by atomic mass is 35.5. The van der Waals surface area contributed by atoms with Crippen LogP contribution in [0.4, 0.5) is 4.39 Å². The van der Waals surface area contributed by atoms with E-state index in [0.717, 1.165) is 0 Å². The molecule has 1 aromatic carbocycles. The highest BCUT2D eigenvalue weighted by Gasteiger charge is 2.35. The second kappa shape index (κ2) is 4.58. The third-order valence-electron chi connectivity index (χ3n) is 2.94. The van der Waals surface area contributed by atoms with Crippen molar-refractivity contribution in [1.82, 2.24) is 5.32 Å². The first-order chi connectivity index (χ1) is 7.93. The first-order valence-corrected chi connectivity index (χ1v) is 5.96. The Morgan fingerprint density at radius 3 is 2.71 bits per heavy atom. The Morgan fingerprint density at radius 1 is 1.41 bits per heavy atom. The summed E-state index contributed by atoms with van der Waals surface area (Å²) in [5.74, 6) is -0.590. The summed E-state index contributed by atoms with van der Waals surface area (Å²) in [6, 6.07) is 2.19. The SMILES string of the molecule is CC(O)(c1cc(F)c(Cl)cc1Cl)C1C=CCN1. The van der Waals surface area contributed by atoms with Gasteiger partial charge in [0.2, 0.25) is 0 Å². The van der Waals surface area contributed by atoms with E-state index < -0.39 is 11.4 Å². The van der Waals surface area contributed by atoms with Crippen LogP contribution in [0.25, 0.3) is 0 Å². The Bertz CT molecular complexity index is 474. The lowest BCUT2D eigenvalue weighted by Gasteiger charge is -2.30. The third kappa shape index (κ3) is 2.33. The minimum absolute atomic E-state index is 0.0514. The zero-order chi connectivity index (χ0) is 12.6. The largest absolute Gasteiger partial charge is 0.383 e. The fourth-order valence-corrected chi connectivity index (χ4v) is 2.51. The molecule has 5 heteroatoms. The predicted octanol–water partition coefficient (Wildman–Crippen LogP) is 2.87. The Balaban J connectivity index is 2.45. The number of nitrogens with one attached hydrogen (secondary N) is 1. The van der Waals surface area contributed by atoms with Crippen LogP contribution in [0.3, 0.4) is 0 Å². The lowest BCUT2D eigenvalue weighted by Crippen LogP contribution is -2.43. The minimum Gasteiger partial charge on any atom is -0.383 e. The van der Waals surface area contributed by atoms with E-state index in [1.165, 1.54) is 12.1 Å². The number of rotatable bonds is 2. The Hall–Kier alpha value is -0.610. The van der Waals surface area contributed by atoms with E-state index in [1.54, 1.807) is 6.92 Å². The molecule has 0 radical (unpaired) electrons. The molecule has 17 heavy (non-hydrogen) atoms. The molecule has 1 aromatic rings. The van der Waals surface area contributed by atoms with Gasteiger partial charge in [-0.05, 0) is 19.1 Å². The molecule has 2 rings (SSSR count). The van der Waals surface area contributed by atoms with Gasteiger partial charge in [-0.1, -0.05) is 35.4 Å². The standard InChI is InChI=1S/C12H12Cl2FNO/c1-12(17,11-3-2-4-16-11)7-5-10(15)9(14)6-8(7)13/h2-3,5-6,11,16-17H,4H2,1H3. The molecule has 0 saturated carbocycles. The average molecular weight is 276 g/mol. The Kier molecular flexibility index (Phi) is 3.46. The van der Waals surface area contributed by atoms with Crippen LogP contribution in [0.15, 0.2) is 24.3 Å². The Labute approximate surface area is 109 Å². The molecular formula is C12H12Cl2FNO. The number of halogens is 3. The minimum atomic E-state index is -1.28. The summed E-state index contributed by atoms with van der Waals surface area (Å²) in [7, 11) is 0. The van der Waals surface area contributed by atoms with Crippen LogP contribution in [-0.2, 0) is 5.60 Å². The van der Waals surface area contributed by atoms with E-state index in [2.05, 4.69) is 5.32 Å². The van der Waals surface area contributed by atoms with Gasteiger partial charge in [0.25, 0.3) is 0 Å². The molecule has 2 N–H and O–H groups in total. The molecule has 1 aliphatic rings. The zero-order valence-electron chi connectivity index (χ0n) is 9.17.